The van der Waals surface area contributed by atoms with Gasteiger partial charge in [0.2, 0.25) is 5.91 Å². The van der Waals surface area contributed by atoms with Gasteiger partial charge in [-0.3, -0.25) is 10.1 Å². The molecule has 1 amide bonds. The number of sulfone groups is 1. The topological polar surface area (TPSA) is 138 Å². The Labute approximate surface area is 212 Å². The lowest BCUT2D eigenvalue weighted by molar-refractivity contribution is -0.161. The monoisotopic (exact) mass is 558 g/mol. The normalized spacial score (nSPS) is 19.0. The molecule has 0 spiro atoms. The fraction of sp³-hybridized carbons (Fsp3) is 0.478. The number of hydrogen-bond donors (Lipinski definition) is 2. The summed E-state index contributed by atoms with van der Waals surface area (Å²) in [6.07, 6.45) is -2.22. The summed E-state index contributed by atoms with van der Waals surface area (Å²) in [6.45, 7) is 0. The lowest BCUT2D eigenvalue weighted by Gasteiger charge is -2.28. The van der Waals surface area contributed by atoms with Gasteiger partial charge in [-0.2, -0.15) is 18.4 Å². The molecule has 1 heterocycles. The van der Waals surface area contributed by atoms with Gasteiger partial charge in [0.1, 0.15) is 17.6 Å². The fourth-order valence-electron chi connectivity index (χ4n) is 3.95. The van der Waals surface area contributed by atoms with Gasteiger partial charge in [-0.15, -0.1) is 0 Å². The molecule has 4 rings (SSSR count). The van der Waals surface area contributed by atoms with E-state index in [4.69, 9.17) is 0 Å². The highest BCUT2D eigenvalue weighted by Gasteiger charge is 2.49. The van der Waals surface area contributed by atoms with Crippen LogP contribution in [0, 0.1) is 17.2 Å². The third-order valence-electron chi connectivity index (χ3n) is 6.28. The predicted octanol–water partition coefficient (Wildman–Crippen LogP) is 2.28. The molecular formula is C23H25F3N4O5S2. The van der Waals surface area contributed by atoms with Crippen molar-refractivity contribution in [2.24, 2.45) is 5.92 Å². The lowest BCUT2D eigenvalue weighted by Crippen LogP contribution is -2.54. The maximum Gasteiger partial charge on any atom is 0.409 e. The van der Waals surface area contributed by atoms with Crippen LogP contribution in [0.1, 0.15) is 37.4 Å². The summed E-state index contributed by atoms with van der Waals surface area (Å²) < 4.78 is 95.1. The van der Waals surface area contributed by atoms with E-state index < -0.39 is 61.0 Å². The third-order valence-corrected chi connectivity index (χ3v) is 9.82. The number of halogens is 3. The molecule has 2 aromatic rings. The van der Waals surface area contributed by atoms with Crippen molar-refractivity contribution in [2.75, 3.05) is 11.5 Å². The Balaban J connectivity index is 1.69. The Morgan fingerprint density at radius 1 is 1.11 bits per heavy atom. The van der Waals surface area contributed by atoms with Crippen LogP contribution in [-0.2, 0) is 24.7 Å². The molecule has 1 aromatic carbocycles. The van der Waals surface area contributed by atoms with Crippen molar-refractivity contribution in [3.05, 3.63) is 54.4 Å². The molecule has 0 unspecified atom stereocenters. The molecule has 9 nitrogen and oxygen atoms in total. The molecule has 2 aliphatic rings. The Kier molecular flexibility index (Phi) is 7.17. The molecule has 37 heavy (non-hydrogen) atoms. The van der Waals surface area contributed by atoms with Crippen LogP contribution in [0.25, 0.3) is 0 Å². The number of alkyl halides is 3. The van der Waals surface area contributed by atoms with Crippen molar-refractivity contribution in [3.63, 3.8) is 0 Å². The van der Waals surface area contributed by atoms with Gasteiger partial charge in [-0.1, -0.05) is 18.2 Å². The number of benzene rings is 1. The van der Waals surface area contributed by atoms with Gasteiger partial charge >= 0.3 is 6.18 Å². The summed E-state index contributed by atoms with van der Waals surface area (Å²) >= 11 is 0. The van der Waals surface area contributed by atoms with Crippen molar-refractivity contribution < 1.29 is 34.8 Å². The molecule has 0 aliphatic heterocycles. The SMILES string of the molecule is N#CC1(NC(=O)[C@H](CS(=O)(=O)CC2CC2)N[C@@H](c2cccn2S(=O)(=O)c2ccccc2)C(F)(F)F)CC1. The number of carbonyl (C=O) groups is 1. The zero-order valence-corrected chi connectivity index (χ0v) is 21.1. The molecule has 1 aromatic heterocycles. The van der Waals surface area contributed by atoms with Crippen LogP contribution >= 0.6 is 0 Å². The van der Waals surface area contributed by atoms with Crippen LogP contribution in [0.4, 0.5) is 13.2 Å². The van der Waals surface area contributed by atoms with Crippen LogP contribution < -0.4 is 10.6 Å². The van der Waals surface area contributed by atoms with Gasteiger partial charge in [0.15, 0.2) is 9.84 Å². The zero-order valence-electron chi connectivity index (χ0n) is 19.5. The average Bonchev–Trinajstić information content (AvgIpc) is 3.74. The average molecular weight is 559 g/mol. The van der Waals surface area contributed by atoms with E-state index in [9.17, 15) is 40.1 Å². The van der Waals surface area contributed by atoms with Gasteiger partial charge in [0, 0.05) is 6.20 Å². The van der Waals surface area contributed by atoms with Crippen LogP contribution in [0.2, 0.25) is 0 Å². The van der Waals surface area contributed by atoms with E-state index >= 15 is 0 Å². The molecule has 14 heteroatoms. The molecular weight excluding hydrogens is 533 g/mol. The first-order valence-electron chi connectivity index (χ1n) is 11.5. The predicted molar refractivity (Wildman–Crippen MR) is 126 cm³/mol. The van der Waals surface area contributed by atoms with Gasteiger partial charge < -0.3 is 5.32 Å². The third kappa shape index (κ3) is 6.34. The number of aromatic nitrogens is 1. The summed E-state index contributed by atoms with van der Waals surface area (Å²) in [5.41, 5.74) is -1.99. The number of carbonyl (C=O) groups excluding carboxylic acids is 1. The first-order chi connectivity index (χ1) is 17.3. The minimum absolute atomic E-state index is 0.103. The molecule has 0 saturated heterocycles. The molecule has 2 atom stereocenters. The molecule has 2 N–H and O–H groups in total. The second-order valence-corrected chi connectivity index (χ2v) is 13.4. The number of nitrogens with one attached hydrogen (secondary N) is 2. The highest BCUT2D eigenvalue weighted by atomic mass is 32.2. The van der Waals surface area contributed by atoms with E-state index in [1.165, 1.54) is 24.3 Å². The largest absolute Gasteiger partial charge is 0.409 e. The van der Waals surface area contributed by atoms with Crippen LogP contribution in [0.3, 0.4) is 0 Å². The van der Waals surface area contributed by atoms with Gasteiger partial charge in [-0.25, -0.2) is 20.8 Å². The minimum atomic E-state index is -5.10. The van der Waals surface area contributed by atoms with E-state index in [-0.39, 0.29) is 29.4 Å². The van der Waals surface area contributed by atoms with Gasteiger partial charge in [0.05, 0.1) is 28.2 Å². The number of rotatable bonds is 11. The Bertz CT molecular complexity index is 1410. The summed E-state index contributed by atoms with van der Waals surface area (Å²) in [5, 5.41) is 13.7. The van der Waals surface area contributed by atoms with Crippen LogP contribution in [0.15, 0.2) is 53.6 Å². The quantitative estimate of drug-likeness (QED) is 0.432. The van der Waals surface area contributed by atoms with Crippen LogP contribution in [0.5, 0.6) is 0 Å². The van der Waals surface area contributed by atoms with Crippen molar-refractivity contribution in [2.45, 2.75) is 54.4 Å². The number of hydrogen-bond acceptors (Lipinski definition) is 7. The molecule has 2 aliphatic carbocycles. The van der Waals surface area contributed by atoms with E-state index in [0.29, 0.717) is 16.8 Å². The lowest BCUT2D eigenvalue weighted by atomic mass is 10.1. The van der Waals surface area contributed by atoms with E-state index in [0.717, 1.165) is 18.3 Å². The standard InChI is InChI=1S/C23H25F3N4O5S2/c24-23(25,26)20(19-7-4-12-30(19)37(34,35)17-5-2-1-3-6-17)28-18(14-36(32,33)13-16-8-9-16)21(31)29-22(15-27)10-11-22/h1-7,12,16,18,20,28H,8-11,13-14H2,(H,29,31)/t18-,20-/m0/s1. The second-order valence-electron chi connectivity index (χ2n) is 9.44. The number of amides is 1. The molecule has 2 fully saturated rings. The van der Waals surface area contributed by atoms with E-state index in [1.807, 2.05) is 6.07 Å². The summed E-state index contributed by atoms with van der Waals surface area (Å²) in [7, 11) is -8.38. The Hall–Kier alpha value is -2.89. The highest BCUT2D eigenvalue weighted by Crippen LogP contribution is 2.37. The minimum Gasteiger partial charge on any atom is -0.336 e. The maximum atomic E-state index is 14.3. The van der Waals surface area contributed by atoms with Gasteiger partial charge in [0.25, 0.3) is 10.0 Å². The zero-order chi connectivity index (χ0) is 27.1. The number of nitrogens with zero attached hydrogens (tertiary/aromatic N) is 2. The molecule has 0 radical (unpaired) electrons. The first-order valence-corrected chi connectivity index (χ1v) is 14.8. The number of nitriles is 1. The summed E-state index contributed by atoms with van der Waals surface area (Å²) in [5.74, 6) is -2.38. The van der Waals surface area contributed by atoms with Crippen molar-refractivity contribution in [3.8, 4) is 6.07 Å². The Morgan fingerprint density at radius 2 is 1.76 bits per heavy atom. The van der Waals surface area contributed by atoms with E-state index in [2.05, 4.69) is 10.6 Å². The van der Waals surface area contributed by atoms with E-state index in [1.54, 1.807) is 6.07 Å². The van der Waals surface area contributed by atoms with Crippen molar-refractivity contribution in [1.29, 1.82) is 5.26 Å². The fourth-order valence-corrected chi connectivity index (χ4v) is 7.30. The highest BCUT2D eigenvalue weighted by molar-refractivity contribution is 7.91. The first kappa shape index (κ1) is 27.2. The molecule has 2 saturated carbocycles. The summed E-state index contributed by atoms with van der Waals surface area (Å²) in [6, 6.07) is 6.20. The molecule has 0 bridgehead atoms. The second kappa shape index (κ2) is 9.77. The molecule has 200 valence electrons. The van der Waals surface area contributed by atoms with Crippen molar-refractivity contribution in [1.82, 2.24) is 14.6 Å². The van der Waals surface area contributed by atoms with Crippen molar-refractivity contribution >= 4 is 25.8 Å². The van der Waals surface area contributed by atoms with Gasteiger partial charge in [-0.05, 0) is 55.9 Å². The maximum absolute atomic E-state index is 14.3. The smallest absolute Gasteiger partial charge is 0.336 e. The summed E-state index contributed by atoms with van der Waals surface area (Å²) in [4.78, 5) is 12.7. The van der Waals surface area contributed by atoms with Crippen LogP contribution in [-0.4, -0.2) is 56.0 Å². The Morgan fingerprint density at radius 3 is 2.30 bits per heavy atom.